The first-order valence-corrected chi connectivity index (χ1v) is 5.57. The maximum atomic E-state index is 7.51. The fourth-order valence-electron chi connectivity index (χ4n) is 1.43. The van der Waals surface area contributed by atoms with Crippen LogP contribution in [0.1, 0.15) is 38.2 Å². The molecule has 0 atom stereocenters. The minimum atomic E-state index is -0.296. The van der Waals surface area contributed by atoms with Gasteiger partial charge in [-0.05, 0) is 26.3 Å². The van der Waals surface area contributed by atoms with E-state index in [0.29, 0.717) is 18.9 Å². The first-order chi connectivity index (χ1) is 7.69. The van der Waals surface area contributed by atoms with E-state index in [1.165, 1.54) is 0 Å². The van der Waals surface area contributed by atoms with Crippen LogP contribution in [-0.2, 0) is 9.47 Å². The van der Waals surface area contributed by atoms with Crippen LogP contribution in [0.25, 0.3) is 0 Å². The van der Waals surface area contributed by atoms with Gasteiger partial charge in [-0.15, -0.1) is 0 Å². The van der Waals surface area contributed by atoms with Crippen molar-refractivity contribution in [2.45, 2.75) is 27.1 Å². The van der Waals surface area contributed by atoms with E-state index >= 15 is 0 Å². The smallest absolute Gasteiger partial charge is 0.183 e. The van der Waals surface area contributed by atoms with Crippen LogP contribution >= 0.6 is 0 Å². The van der Waals surface area contributed by atoms with Gasteiger partial charge >= 0.3 is 0 Å². The van der Waals surface area contributed by atoms with Gasteiger partial charge in [-0.2, -0.15) is 0 Å². The summed E-state index contributed by atoms with van der Waals surface area (Å²) in [4.78, 5) is 0. The van der Waals surface area contributed by atoms with Gasteiger partial charge in [0.2, 0.25) is 0 Å². The second-order valence-corrected chi connectivity index (χ2v) is 3.49. The normalized spacial score (nSPS) is 10.8. The molecule has 88 valence electrons. The Balaban J connectivity index is 2.80. The van der Waals surface area contributed by atoms with E-state index in [4.69, 9.17) is 14.9 Å². The van der Waals surface area contributed by atoms with E-state index in [1.807, 2.05) is 38.1 Å². The maximum Gasteiger partial charge on any atom is 0.183 e. The Labute approximate surface area is 96.9 Å². The Morgan fingerprint density at radius 1 is 1.12 bits per heavy atom. The standard InChI is InChI=1S/C13H19NO2/c1-4-15-13(16-5-2)12-8-6-11(7-9-12)10(3)14/h6-9,13-14H,4-5H2,1-3H3. The highest BCUT2D eigenvalue weighted by Gasteiger charge is 2.10. The monoisotopic (exact) mass is 221 g/mol. The summed E-state index contributed by atoms with van der Waals surface area (Å²) in [7, 11) is 0. The van der Waals surface area contributed by atoms with Gasteiger partial charge in [0.25, 0.3) is 0 Å². The molecular weight excluding hydrogens is 202 g/mol. The summed E-state index contributed by atoms with van der Waals surface area (Å²) in [6.45, 7) is 6.91. The number of benzene rings is 1. The zero-order valence-electron chi connectivity index (χ0n) is 10.1. The maximum absolute atomic E-state index is 7.51. The van der Waals surface area contributed by atoms with E-state index in [1.54, 1.807) is 6.92 Å². The van der Waals surface area contributed by atoms with E-state index in [0.717, 1.165) is 11.1 Å². The number of hydrogen-bond acceptors (Lipinski definition) is 3. The van der Waals surface area contributed by atoms with Crippen LogP contribution in [0.2, 0.25) is 0 Å². The summed E-state index contributed by atoms with van der Waals surface area (Å²) in [6, 6.07) is 7.73. The molecule has 0 saturated heterocycles. The fourth-order valence-corrected chi connectivity index (χ4v) is 1.43. The largest absolute Gasteiger partial charge is 0.349 e. The van der Waals surface area contributed by atoms with Crippen LogP contribution in [0.5, 0.6) is 0 Å². The second kappa shape index (κ2) is 6.40. The molecule has 0 amide bonds. The molecular formula is C13H19NO2. The summed E-state index contributed by atoms with van der Waals surface area (Å²) in [5, 5.41) is 7.51. The third-order valence-corrected chi connectivity index (χ3v) is 2.25. The van der Waals surface area contributed by atoms with E-state index in [9.17, 15) is 0 Å². The molecule has 0 radical (unpaired) electrons. The van der Waals surface area contributed by atoms with E-state index < -0.39 is 0 Å². The van der Waals surface area contributed by atoms with Gasteiger partial charge in [0.1, 0.15) is 0 Å². The average molecular weight is 221 g/mol. The molecule has 16 heavy (non-hydrogen) atoms. The summed E-state index contributed by atoms with van der Waals surface area (Å²) >= 11 is 0. The SMILES string of the molecule is CCOC(OCC)c1ccc(C(C)=N)cc1. The summed E-state index contributed by atoms with van der Waals surface area (Å²) in [5.74, 6) is 0. The molecule has 1 rings (SSSR count). The Morgan fingerprint density at radius 3 is 2.00 bits per heavy atom. The van der Waals surface area contributed by atoms with Crippen LogP contribution in [0.15, 0.2) is 24.3 Å². The molecule has 1 N–H and O–H groups in total. The predicted molar refractivity (Wildman–Crippen MR) is 64.9 cm³/mol. The van der Waals surface area contributed by atoms with Crippen LogP contribution in [0, 0.1) is 5.41 Å². The molecule has 3 heteroatoms. The minimum Gasteiger partial charge on any atom is -0.349 e. The Morgan fingerprint density at radius 2 is 1.62 bits per heavy atom. The molecule has 0 aromatic heterocycles. The summed E-state index contributed by atoms with van der Waals surface area (Å²) in [5.41, 5.74) is 2.49. The van der Waals surface area contributed by atoms with Crippen molar-refractivity contribution >= 4 is 5.71 Å². The van der Waals surface area contributed by atoms with Crippen molar-refractivity contribution in [1.82, 2.24) is 0 Å². The highest BCUT2D eigenvalue weighted by atomic mass is 16.7. The van der Waals surface area contributed by atoms with Gasteiger partial charge in [0, 0.05) is 24.5 Å². The molecule has 0 heterocycles. The molecule has 1 aromatic rings. The topological polar surface area (TPSA) is 42.3 Å². The van der Waals surface area contributed by atoms with Crippen molar-refractivity contribution in [2.75, 3.05) is 13.2 Å². The Hall–Kier alpha value is -1.19. The molecule has 0 aliphatic heterocycles. The fraction of sp³-hybridized carbons (Fsp3) is 0.462. The Bertz CT molecular complexity index is 326. The molecule has 0 aliphatic carbocycles. The van der Waals surface area contributed by atoms with E-state index in [2.05, 4.69) is 0 Å². The number of hydrogen-bond donors (Lipinski definition) is 1. The molecule has 3 nitrogen and oxygen atoms in total. The van der Waals surface area contributed by atoms with E-state index in [-0.39, 0.29) is 6.29 Å². The zero-order valence-corrected chi connectivity index (χ0v) is 10.1. The molecule has 0 fully saturated rings. The predicted octanol–water partition coefficient (Wildman–Crippen LogP) is 3.15. The number of rotatable bonds is 6. The molecule has 0 aliphatic rings. The van der Waals surface area contributed by atoms with Crippen molar-refractivity contribution in [1.29, 1.82) is 5.41 Å². The molecule has 0 bridgehead atoms. The summed E-state index contributed by atoms with van der Waals surface area (Å²) < 4.78 is 11.0. The van der Waals surface area contributed by atoms with Gasteiger partial charge in [0.05, 0.1) is 0 Å². The van der Waals surface area contributed by atoms with Crippen molar-refractivity contribution < 1.29 is 9.47 Å². The van der Waals surface area contributed by atoms with Gasteiger partial charge < -0.3 is 14.9 Å². The lowest BCUT2D eigenvalue weighted by Crippen LogP contribution is -2.09. The van der Waals surface area contributed by atoms with Gasteiger partial charge in [-0.3, -0.25) is 0 Å². The van der Waals surface area contributed by atoms with Crippen molar-refractivity contribution in [3.63, 3.8) is 0 Å². The molecule has 0 spiro atoms. The summed E-state index contributed by atoms with van der Waals surface area (Å²) in [6.07, 6.45) is -0.296. The zero-order chi connectivity index (χ0) is 12.0. The molecule has 0 unspecified atom stereocenters. The van der Waals surface area contributed by atoms with Crippen LogP contribution in [0.3, 0.4) is 0 Å². The minimum absolute atomic E-state index is 0.296. The van der Waals surface area contributed by atoms with Gasteiger partial charge in [0.15, 0.2) is 6.29 Å². The van der Waals surface area contributed by atoms with Crippen LogP contribution in [0.4, 0.5) is 0 Å². The lowest BCUT2D eigenvalue weighted by atomic mass is 10.1. The third-order valence-electron chi connectivity index (χ3n) is 2.25. The van der Waals surface area contributed by atoms with Crippen molar-refractivity contribution in [2.24, 2.45) is 0 Å². The van der Waals surface area contributed by atoms with Gasteiger partial charge in [-0.25, -0.2) is 0 Å². The van der Waals surface area contributed by atoms with Gasteiger partial charge in [-0.1, -0.05) is 24.3 Å². The van der Waals surface area contributed by atoms with Crippen molar-refractivity contribution in [3.8, 4) is 0 Å². The quantitative estimate of drug-likeness (QED) is 0.592. The van der Waals surface area contributed by atoms with Crippen LogP contribution in [-0.4, -0.2) is 18.9 Å². The average Bonchev–Trinajstić information content (AvgIpc) is 2.29. The lowest BCUT2D eigenvalue weighted by Gasteiger charge is -2.17. The first-order valence-electron chi connectivity index (χ1n) is 5.57. The van der Waals surface area contributed by atoms with Crippen LogP contribution < -0.4 is 0 Å². The van der Waals surface area contributed by atoms with Crippen molar-refractivity contribution in [3.05, 3.63) is 35.4 Å². The first kappa shape index (κ1) is 12.9. The number of ether oxygens (including phenoxy) is 2. The Kier molecular flexibility index (Phi) is 5.15. The number of nitrogens with one attached hydrogen (secondary N) is 1. The molecule has 0 saturated carbocycles. The highest BCUT2D eigenvalue weighted by Crippen LogP contribution is 2.19. The lowest BCUT2D eigenvalue weighted by molar-refractivity contribution is -0.140. The molecule has 1 aromatic carbocycles. The second-order valence-electron chi connectivity index (χ2n) is 3.49. The highest BCUT2D eigenvalue weighted by molar-refractivity contribution is 5.96. The third kappa shape index (κ3) is 3.43.